The fraction of sp³-hybridized carbons (Fsp3) is 0.320. The average Bonchev–Trinajstić information content (AvgIpc) is 4.31. The van der Waals surface area contributed by atoms with Gasteiger partial charge in [0.25, 0.3) is 35.4 Å². The minimum absolute atomic E-state index is 0.00708. The Balaban J connectivity index is 0.778. The van der Waals surface area contributed by atoms with Crippen LogP contribution in [0.2, 0.25) is 0 Å². The number of ether oxygens (including phenoxy) is 1. The second-order valence-corrected chi connectivity index (χ2v) is 18.3. The lowest BCUT2D eigenvalue weighted by atomic mass is 10.3. The largest absolute Gasteiger partial charge is 0.460 e. The first-order chi connectivity index (χ1) is 38.6. The van der Waals surface area contributed by atoms with Crippen molar-refractivity contribution in [2.24, 2.45) is 49.3 Å². The molecule has 0 aliphatic carbocycles. The van der Waals surface area contributed by atoms with E-state index in [-0.39, 0.29) is 115 Å². The smallest absolute Gasteiger partial charge is 0.374 e. The maximum atomic E-state index is 13.2. The summed E-state index contributed by atoms with van der Waals surface area (Å²) < 4.78 is 15.3. The molecule has 9 N–H and O–H groups in total. The van der Waals surface area contributed by atoms with Gasteiger partial charge in [-0.1, -0.05) is 0 Å². The minimum Gasteiger partial charge on any atom is -0.460 e. The van der Waals surface area contributed by atoms with Gasteiger partial charge in [0.2, 0.25) is 35.2 Å². The Bertz CT molecular complexity index is 3560. The van der Waals surface area contributed by atoms with Crippen LogP contribution in [-0.4, -0.2) is 137 Å². The molecule has 9 amide bonds. The molecule has 7 heterocycles. The van der Waals surface area contributed by atoms with Gasteiger partial charge in [-0.3, -0.25) is 43.2 Å². The Kier molecular flexibility index (Phi) is 18.4. The molecule has 0 saturated heterocycles. The maximum Gasteiger partial charge on any atom is 0.374 e. The summed E-state index contributed by atoms with van der Waals surface area (Å²) in [7, 11) is 11.2. The van der Waals surface area contributed by atoms with Crippen molar-refractivity contribution in [1.82, 2.24) is 67.9 Å². The Morgan fingerprint density at radius 3 is 1.36 bits per heavy atom. The summed E-state index contributed by atoms with van der Waals surface area (Å²) >= 11 is 0. The summed E-state index contributed by atoms with van der Waals surface area (Å²) in [6.07, 6.45) is 12.1. The molecule has 81 heavy (non-hydrogen) atoms. The number of carbonyl (C=O) groups is 10. The molecule has 0 aliphatic rings. The van der Waals surface area contributed by atoms with E-state index in [4.69, 9.17) is 4.74 Å². The lowest BCUT2D eigenvalue weighted by Gasteiger charge is -2.06. The number of amides is 9. The van der Waals surface area contributed by atoms with Crippen LogP contribution in [0.4, 0.5) is 34.5 Å². The first-order valence-electron chi connectivity index (χ1n) is 25.0. The van der Waals surface area contributed by atoms with E-state index < -0.39 is 59.1 Å². The zero-order chi connectivity index (χ0) is 58.7. The van der Waals surface area contributed by atoms with Gasteiger partial charge >= 0.3 is 5.97 Å². The van der Waals surface area contributed by atoms with Crippen molar-refractivity contribution in [2.75, 3.05) is 58.1 Å². The van der Waals surface area contributed by atoms with Gasteiger partial charge in [0.15, 0.2) is 23.3 Å². The standard InChI is InChI=1S/C50H60N20O11/c1-9-81-50(80)43-62-36(27-70(43)8)63-46(76)33-19-28(22-67(33)5)55-38(72)12-16-54-47(77)41-60-34(25-68(41)6)58-37(71)11-10-14-52-44(74)31-21-30(24-65(31)3)57-49(79)42-61-35(26-69(42)7)59-39(73)13-15-53-45(75)32-20-29(23-66(32)4)56-48(78)40-51-17-18-64(40)2/h17-27H,9-16H2,1-8H3,(H,52,74)(H,53,75)(H,54,77)(H,55,72)(H,56,78)(H,57,79)(H,58,71)(H,59,73)(H,63,76). The fourth-order valence-electron chi connectivity index (χ4n) is 8.03. The molecule has 426 valence electrons. The van der Waals surface area contributed by atoms with E-state index in [1.807, 2.05) is 0 Å². The quantitative estimate of drug-likeness (QED) is 0.0304. The number of aryl methyl sites for hydroxylation is 7. The van der Waals surface area contributed by atoms with Gasteiger partial charge in [0.05, 0.1) is 23.7 Å². The molecule has 0 saturated carbocycles. The number of esters is 1. The topological polar surface area (TPSA) is 374 Å². The Morgan fingerprint density at radius 2 is 0.840 bits per heavy atom. The van der Waals surface area contributed by atoms with Gasteiger partial charge < -0.3 is 84.6 Å². The molecule has 0 aliphatic heterocycles. The maximum absolute atomic E-state index is 13.2. The molecule has 7 aromatic rings. The summed E-state index contributed by atoms with van der Waals surface area (Å²) in [6.45, 7) is 1.86. The highest BCUT2D eigenvalue weighted by Gasteiger charge is 2.23. The number of nitrogens with one attached hydrogen (secondary N) is 9. The van der Waals surface area contributed by atoms with E-state index in [2.05, 4.69) is 67.8 Å². The molecule has 7 rings (SSSR count). The highest BCUT2D eigenvalue weighted by atomic mass is 16.5. The number of anilines is 6. The van der Waals surface area contributed by atoms with Crippen molar-refractivity contribution in [3.8, 4) is 0 Å². The third-order valence-corrected chi connectivity index (χ3v) is 11.9. The lowest BCUT2D eigenvalue weighted by molar-refractivity contribution is -0.117. The summed E-state index contributed by atoms with van der Waals surface area (Å²) in [4.78, 5) is 145. The molecular formula is C50H60N20O11. The van der Waals surface area contributed by atoms with Gasteiger partial charge in [-0.05, 0) is 31.5 Å². The molecule has 0 aromatic carbocycles. The zero-order valence-electron chi connectivity index (χ0n) is 45.4. The highest BCUT2D eigenvalue weighted by Crippen LogP contribution is 2.19. The van der Waals surface area contributed by atoms with Gasteiger partial charge in [-0.25, -0.2) is 24.7 Å². The predicted octanol–water partition coefficient (Wildman–Crippen LogP) is 1.24. The molecule has 0 atom stereocenters. The van der Waals surface area contributed by atoms with Crippen molar-refractivity contribution >= 4 is 93.6 Å². The number of rotatable bonds is 24. The van der Waals surface area contributed by atoms with Crippen LogP contribution in [0.3, 0.4) is 0 Å². The number of carbonyl (C=O) groups excluding carboxylic acids is 10. The van der Waals surface area contributed by atoms with E-state index in [1.165, 1.54) is 82.8 Å². The second kappa shape index (κ2) is 25.7. The third kappa shape index (κ3) is 14.9. The lowest BCUT2D eigenvalue weighted by Crippen LogP contribution is -2.29. The van der Waals surface area contributed by atoms with E-state index >= 15 is 0 Å². The Morgan fingerprint density at radius 1 is 0.420 bits per heavy atom. The Labute approximate surface area is 461 Å². The predicted molar refractivity (Wildman–Crippen MR) is 290 cm³/mol. The molecule has 0 bridgehead atoms. The van der Waals surface area contributed by atoms with Crippen molar-refractivity contribution in [1.29, 1.82) is 0 Å². The molecule has 31 heteroatoms. The van der Waals surface area contributed by atoms with Crippen LogP contribution in [0.15, 0.2) is 67.8 Å². The van der Waals surface area contributed by atoms with Crippen molar-refractivity contribution in [3.05, 3.63) is 108 Å². The number of hydrogen-bond acceptors (Lipinski definition) is 15. The first-order valence-corrected chi connectivity index (χ1v) is 25.0. The van der Waals surface area contributed by atoms with Crippen molar-refractivity contribution < 1.29 is 52.7 Å². The van der Waals surface area contributed by atoms with Crippen LogP contribution in [0, 0.1) is 0 Å². The van der Waals surface area contributed by atoms with Gasteiger partial charge in [0.1, 0.15) is 17.1 Å². The number of aromatic nitrogens is 11. The summed E-state index contributed by atoms with van der Waals surface area (Å²) in [5.74, 6) is -4.72. The van der Waals surface area contributed by atoms with Crippen LogP contribution in [-0.2, 0) is 68.5 Å². The van der Waals surface area contributed by atoms with Crippen LogP contribution in [0.25, 0.3) is 0 Å². The van der Waals surface area contributed by atoms with Crippen LogP contribution >= 0.6 is 0 Å². The summed E-state index contributed by atoms with van der Waals surface area (Å²) in [5, 5.41) is 23.9. The molecule has 0 fully saturated rings. The molecule has 7 aromatic heterocycles. The number of imidazole rings is 4. The van der Waals surface area contributed by atoms with Crippen LogP contribution in [0.5, 0.6) is 0 Å². The highest BCUT2D eigenvalue weighted by molar-refractivity contribution is 6.06. The number of nitrogens with zero attached hydrogens (tertiary/aromatic N) is 11. The second-order valence-electron chi connectivity index (χ2n) is 18.3. The first kappa shape index (κ1) is 58.1. The van der Waals surface area contributed by atoms with Crippen molar-refractivity contribution in [2.45, 2.75) is 32.6 Å². The minimum atomic E-state index is -0.638. The van der Waals surface area contributed by atoms with Crippen LogP contribution in [0.1, 0.15) is 107 Å². The number of hydrogen-bond donors (Lipinski definition) is 9. The Hall–Kier alpha value is -10.6. The zero-order valence-corrected chi connectivity index (χ0v) is 45.4. The monoisotopic (exact) mass is 1120 g/mol. The van der Waals surface area contributed by atoms with E-state index in [0.717, 1.165) is 0 Å². The van der Waals surface area contributed by atoms with E-state index in [1.54, 1.807) is 73.2 Å². The fourth-order valence-corrected chi connectivity index (χ4v) is 8.03. The van der Waals surface area contributed by atoms with Crippen molar-refractivity contribution in [3.63, 3.8) is 0 Å². The molecule has 0 spiro atoms. The van der Waals surface area contributed by atoms with Gasteiger partial charge in [-0.2, -0.15) is 0 Å². The normalized spacial score (nSPS) is 10.9. The van der Waals surface area contributed by atoms with Gasteiger partial charge in [-0.15, -0.1) is 0 Å². The molecule has 0 radical (unpaired) electrons. The molecular weight excluding hydrogens is 1060 g/mol. The third-order valence-electron chi connectivity index (χ3n) is 11.9. The summed E-state index contributed by atoms with van der Waals surface area (Å²) in [5.41, 5.74) is 1.63. The average molecular weight is 1120 g/mol. The van der Waals surface area contributed by atoms with Gasteiger partial charge in [0, 0.05) is 138 Å². The molecule has 31 nitrogen and oxygen atoms in total. The summed E-state index contributed by atoms with van der Waals surface area (Å²) in [6, 6.07) is 4.41. The van der Waals surface area contributed by atoms with E-state index in [0.29, 0.717) is 11.4 Å². The van der Waals surface area contributed by atoms with Crippen LogP contribution < -0.4 is 47.9 Å². The SMILES string of the molecule is CCOC(=O)c1nc(NC(=O)c2cc(NC(=O)CCNC(=O)c3nc(NC(=O)CCCNC(=O)c4cc(NC(=O)c5nc(NC(=O)CCNC(=O)c6cc(NC(=O)c7nccn7C)cn6C)cn5C)cn4C)cn3C)cn2C)cn1C. The molecule has 0 unspecified atom stereocenters. The van der Waals surface area contributed by atoms with E-state index in [9.17, 15) is 47.9 Å².